The Morgan fingerprint density at radius 3 is 2.60 bits per heavy atom. The Morgan fingerprint density at radius 2 is 1.87 bits per heavy atom. The third-order valence-electron chi connectivity index (χ3n) is 6.84. The molecule has 3 heterocycles. The van der Waals surface area contributed by atoms with Gasteiger partial charge in [-0.25, -0.2) is 0 Å². The second-order valence-electron chi connectivity index (χ2n) is 8.96. The van der Waals surface area contributed by atoms with E-state index >= 15 is 0 Å². The van der Waals surface area contributed by atoms with Gasteiger partial charge in [0.1, 0.15) is 5.75 Å². The lowest BCUT2D eigenvalue weighted by Gasteiger charge is -2.38. The van der Waals surface area contributed by atoms with Crippen molar-refractivity contribution in [3.8, 4) is 5.75 Å². The highest BCUT2D eigenvalue weighted by Crippen LogP contribution is 2.38. The summed E-state index contributed by atoms with van der Waals surface area (Å²) >= 11 is 0. The van der Waals surface area contributed by atoms with Crippen LogP contribution < -0.4 is 4.74 Å². The molecule has 0 N–H and O–H groups in total. The number of nitrogens with zero attached hydrogens (tertiary/aromatic N) is 4. The molecule has 2 aliphatic heterocycles. The average molecular weight is 411 g/mol. The van der Waals surface area contributed by atoms with E-state index in [1.165, 1.54) is 5.69 Å². The van der Waals surface area contributed by atoms with Crippen molar-refractivity contribution in [3.05, 3.63) is 47.3 Å². The summed E-state index contributed by atoms with van der Waals surface area (Å²) in [5.41, 5.74) is 3.40. The molecule has 6 heteroatoms. The summed E-state index contributed by atoms with van der Waals surface area (Å²) in [6.45, 7) is 8.07. The van der Waals surface area contributed by atoms with Gasteiger partial charge in [-0.15, -0.1) is 0 Å². The molecule has 4 rings (SSSR count). The number of carbonyl (C=O) groups is 1. The van der Waals surface area contributed by atoms with Gasteiger partial charge in [0.15, 0.2) is 6.61 Å². The Hall–Kier alpha value is -2.34. The summed E-state index contributed by atoms with van der Waals surface area (Å²) in [4.78, 5) is 17.8. The standard InChI is InChI=1S/C24H34N4O2/c1-19-8-4-5-9-22(19)30-18-23(29)28-14-7-11-24(28)10-6-13-27(15-12-24)17-21-16-20(2)25-26(21)3/h4-5,8-9,16H,6-7,10-15,17-18H2,1-3H3. The van der Waals surface area contributed by atoms with Crippen LogP contribution in [0.15, 0.2) is 30.3 Å². The first kappa shape index (κ1) is 20.9. The molecule has 1 spiro atoms. The first-order chi connectivity index (χ1) is 14.5. The minimum atomic E-state index is 0.00327. The van der Waals surface area contributed by atoms with Crippen LogP contribution >= 0.6 is 0 Å². The highest BCUT2D eigenvalue weighted by atomic mass is 16.5. The normalized spacial score (nSPS) is 22.4. The topological polar surface area (TPSA) is 50.6 Å². The molecule has 0 aliphatic carbocycles. The van der Waals surface area contributed by atoms with Gasteiger partial charge in [0.2, 0.25) is 0 Å². The van der Waals surface area contributed by atoms with E-state index in [0.717, 1.165) is 75.3 Å². The number of likely N-dealkylation sites (tertiary alicyclic amines) is 2. The Morgan fingerprint density at radius 1 is 1.10 bits per heavy atom. The molecule has 1 amide bonds. The molecule has 1 aromatic heterocycles. The number of para-hydroxylation sites is 1. The number of aromatic nitrogens is 2. The first-order valence-electron chi connectivity index (χ1n) is 11.2. The molecule has 0 bridgehead atoms. The van der Waals surface area contributed by atoms with Crippen LogP contribution in [0.4, 0.5) is 0 Å². The van der Waals surface area contributed by atoms with Gasteiger partial charge in [0.25, 0.3) is 5.91 Å². The minimum Gasteiger partial charge on any atom is -0.484 e. The predicted molar refractivity (Wildman–Crippen MR) is 117 cm³/mol. The van der Waals surface area contributed by atoms with Crippen molar-refractivity contribution in [1.29, 1.82) is 0 Å². The van der Waals surface area contributed by atoms with E-state index < -0.39 is 0 Å². The van der Waals surface area contributed by atoms with Crippen molar-refractivity contribution in [1.82, 2.24) is 19.6 Å². The van der Waals surface area contributed by atoms with Crippen molar-refractivity contribution in [2.75, 3.05) is 26.2 Å². The van der Waals surface area contributed by atoms with Gasteiger partial charge in [0, 0.05) is 32.2 Å². The van der Waals surface area contributed by atoms with Crippen LogP contribution in [0.5, 0.6) is 5.75 Å². The van der Waals surface area contributed by atoms with Gasteiger partial charge in [-0.2, -0.15) is 5.10 Å². The Kier molecular flexibility index (Phi) is 6.14. The molecule has 0 saturated carbocycles. The van der Waals surface area contributed by atoms with Crippen LogP contribution in [0.1, 0.15) is 49.1 Å². The van der Waals surface area contributed by atoms with Crippen LogP contribution in [0.25, 0.3) is 0 Å². The maximum Gasteiger partial charge on any atom is 0.260 e. The van der Waals surface area contributed by atoms with Gasteiger partial charge in [-0.3, -0.25) is 14.4 Å². The number of amides is 1. The van der Waals surface area contributed by atoms with E-state index in [4.69, 9.17) is 4.74 Å². The third-order valence-corrected chi connectivity index (χ3v) is 6.84. The third kappa shape index (κ3) is 4.38. The largest absolute Gasteiger partial charge is 0.484 e. The number of hydrogen-bond acceptors (Lipinski definition) is 4. The van der Waals surface area contributed by atoms with Crippen molar-refractivity contribution in [2.24, 2.45) is 7.05 Å². The van der Waals surface area contributed by atoms with Crippen LogP contribution in [0.2, 0.25) is 0 Å². The van der Waals surface area contributed by atoms with Gasteiger partial charge in [0.05, 0.1) is 11.4 Å². The summed E-state index contributed by atoms with van der Waals surface area (Å²) < 4.78 is 7.87. The molecular weight excluding hydrogens is 376 g/mol. The van der Waals surface area contributed by atoms with Crippen LogP contribution in [-0.4, -0.2) is 57.3 Å². The lowest BCUT2D eigenvalue weighted by Crippen LogP contribution is -2.49. The molecule has 162 valence electrons. The molecule has 1 aromatic carbocycles. The molecule has 2 aliphatic rings. The smallest absolute Gasteiger partial charge is 0.260 e. The average Bonchev–Trinajstić information content (AvgIpc) is 3.20. The zero-order chi connectivity index (χ0) is 21.1. The summed E-state index contributed by atoms with van der Waals surface area (Å²) in [6.07, 6.45) is 5.46. The van der Waals surface area contributed by atoms with Crippen molar-refractivity contribution in [2.45, 2.75) is 58.0 Å². The van der Waals surface area contributed by atoms with Crippen LogP contribution in [-0.2, 0) is 18.4 Å². The maximum atomic E-state index is 13.1. The quantitative estimate of drug-likeness (QED) is 0.757. The minimum absolute atomic E-state index is 0.00327. The number of rotatable bonds is 5. The Bertz CT molecular complexity index is 893. The molecule has 2 fully saturated rings. The second kappa shape index (κ2) is 8.80. The summed E-state index contributed by atoms with van der Waals surface area (Å²) in [7, 11) is 2.02. The van der Waals surface area contributed by atoms with E-state index in [9.17, 15) is 4.79 Å². The second-order valence-corrected chi connectivity index (χ2v) is 8.96. The first-order valence-corrected chi connectivity index (χ1v) is 11.2. The number of ether oxygens (including phenoxy) is 1. The highest BCUT2D eigenvalue weighted by molar-refractivity contribution is 5.79. The molecule has 0 radical (unpaired) electrons. The fourth-order valence-corrected chi connectivity index (χ4v) is 5.22. The van der Waals surface area contributed by atoms with Crippen molar-refractivity contribution < 1.29 is 9.53 Å². The van der Waals surface area contributed by atoms with Crippen molar-refractivity contribution in [3.63, 3.8) is 0 Å². The molecule has 1 unspecified atom stereocenters. The van der Waals surface area contributed by atoms with Crippen LogP contribution in [0, 0.1) is 13.8 Å². The zero-order valence-electron chi connectivity index (χ0n) is 18.6. The molecule has 1 atom stereocenters. The molecule has 2 aromatic rings. The summed E-state index contributed by atoms with van der Waals surface area (Å²) in [6, 6.07) is 10.1. The van der Waals surface area contributed by atoms with E-state index in [-0.39, 0.29) is 18.1 Å². The fourth-order valence-electron chi connectivity index (χ4n) is 5.22. The monoisotopic (exact) mass is 410 g/mol. The van der Waals surface area contributed by atoms with Gasteiger partial charge < -0.3 is 9.64 Å². The lowest BCUT2D eigenvalue weighted by atomic mass is 9.87. The molecule has 2 saturated heterocycles. The molecule has 6 nitrogen and oxygen atoms in total. The Balaban J connectivity index is 1.38. The van der Waals surface area contributed by atoms with Crippen molar-refractivity contribution >= 4 is 5.91 Å². The molecule has 30 heavy (non-hydrogen) atoms. The van der Waals surface area contributed by atoms with Gasteiger partial charge in [-0.1, -0.05) is 18.2 Å². The van der Waals surface area contributed by atoms with Crippen LogP contribution in [0.3, 0.4) is 0 Å². The zero-order valence-corrected chi connectivity index (χ0v) is 18.6. The van der Waals surface area contributed by atoms with Gasteiger partial charge in [-0.05, 0) is 70.2 Å². The SMILES string of the molecule is Cc1cc(CN2CCCC3(CCCN3C(=O)COc3ccccc3C)CC2)n(C)n1. The number of hydrogen-bond donors (Lipinski definition) is 0. The number of carbonyl (C=O) groups excluding carboxylic acids is 1. The Labute approximate surface area is 179 Å². The fraction of sp³-hybridized carbons (Fsp3) is 0.583. The van der Waals surface area contributed by atoms with E-state index in [0.29, 0.717) is 0 Å². The predicted octanol–water partition coefficient (Wildman–Crippen LogP) is 3.46. The number of benzene rings is 1. The van der Waals surface area contributed by atoms with E-state index in [2.05, 4.69) is 21.0 Å². The van der Waals surface area contributed by atoms with E-state index in [1.807, 2.05) is 49.8 Å². The number of aryl methyl sites for hydroxylation is 3. The molecular formula is C24H34N4O2. The van der Waals surface area contributed by atoms with Gasteiger partial charge >= 0.3 is 0 Å². The highest BCUT2D eigenvalue weighted by Gasteiger charge is 2.44. The van der Waals surface area contributed by atoms with E-state index in [1.54, 1.807) is 0 Å². The maximum absolute atomic E-state index is 13.1. The lowest BCUT2D eigenvalue weighted by molar-refractivity contribution is -0.138. The summed E-state index contributed by atoms with van der Waals surface area (Å²) in [5.74, 6) is 0.934. The summed E-state index contributed by atoms with van der Waals surface area (Å²) in [5, 5.41) is 4.48.